The van der Waals surface area contributed by atoms with Gasteiger partial charge in [0.05, 0.1) is 16.3 Å². The number of aryl methyl sites for hydroxylation is 1. The lowest BCUT2D eigenvalue weighted by Crippen LogP contribution is -2.35. The van der Waals surface area contributed by atoms with Crippen molar-refractivity contribution in [3.05, 3.63) is 52.0 Å². The van der Waals surface area contributed by atoms with Crippen molar-refractivity contribution in [2.75, 3.05) is 16.8 Å². The molecule has 2 heterocycles. The lowest BCUT2D eigenvalue weighted by molar-refractivity contribution is 0.102. The number of amides is 1. The van der Waals surface area contributed by atoms with E-state index < -0.39 is 15.9 Å². The Hall–Kier alpha value is -2.38. The molecule has 0 bridgehead atoms. The van der Waals surface area contributed by atoms with Crippen LogP contribution in [0.5, 0.6) is 0 Å². The Bertz CT molecular complexity index is 1140. The van der Waals surface area contributed by atoms with Gasteiger partial charge in [-0.3, -0.25) is 4.79 Å². The van der Waals surface area contributed by atoms with Crippen LogP contribution >= 0.6 is 11.6 Å². The zero-order chi connectivity index (χ0) is 20.8. The summed E-state index contributed by atoms with van der Waals surface area (Å²) in [7, 11) is -3.88. The number of fused-ring (bicyclic) bond motifs is 3. The number of carbonyl (C=O) groups is 1. The SMILES string of the molecule is Cc1cccc(NC(=O)c2cc3c(cc2Cl)N2CCCCCC2=NS3(=O)=O)c1C. The fraction of sp³-hybridized carbons (Fsp3) is 0.333. The number of anilines is 2. The van der Waals surface area contributed by atoms with Gasteiger partial charge in [-0.25, -0.2) is 0 Å². The Morgan fingerprint density at radius 3 is 2.76 bits per heavy atom. The van der Waals surface area contributed by atoms with Crippen LogP contribution < -0.4 is 10.2 Å². The smallest absolute Gasteiger partial charge is 0.286 e. The average molecular weight is 432 g/mol. The predicted octanol–water partition coefficient (Wildman–Crippen LogP) is 4.69. The van der Waals surface area contributed by atoms with Gasteiger partial charge < -0.3 is 10.2 Å². The van der Waals surface area contributed by atoms with E-state index in [2.05, 4.69) is 9.71 Å². The minimum atomic E-state index is -3.88. The Balaban J connectivity index is 1.75. The molecule has 4 rings (SSSR count). The summed E-state index contributed by atoms with van der Waals surface area (Å²) in [6.07, 6.45) is 3.50. The van der Waals surface area contributed by atoms with Crippen LogP contribution in [0.25, 0.3) is 0 Å². The Morgan fingerprint density at radius 1 is 1.17 bits per heavy atom. The van der Waals surface area contributed by atoms with Crippen molar-refractivity contribution in [1.82, 2.24) is 0 Å². The van der Waals surface area contributed by atoms with Crippen molar-refractivity contribution >= 4 is 44.7 Å². The first-order chi connectivity index (χ1) is 13.8. The van der Waals surface area contributed by atoms with Crippen molar-refractivity contribution in [2.45, 2.75) is 44.4 Å². The number of hydrogen-bond donors (Lipinski definition) is 1. The highest BCUT2D eigenvalue weighted by molar-refractivity contribution is 7.90. The maximum Gasteiger partial charge on any atom is 0.286 e. The lowest BCUT2D eigenvalue weighted by atomic mass is 10.1. The first kappa shape index (κ1) is 19.9. The molecule has 1 fully saturated rings. The van der Waals surface area contributed by atoms with E-state index in [1.807, 2.05) is 30.9 Å². The summed E-state index contributed by atoms with van der Waals surface area (Å²) in [5.74, 6) is 0.103. The van der Waals surface area contributed by atoms with Crippen LogP contribution in [-0.2, 0) is 10.0 Å². The first-order valence-electron chi connectivity index (χ1n) is 9.60. The van der Waals surface area contributed by atoms with E-state index in [9.17, 15) is 13.2 Å². The maximum atomic E-state index is 12.9. The van der Waals surface area contributed by atoms with Gasteiger partial charge in [-0.2, -0.15) is 8.42 Å². The number of halogens is 1. The third-order valence-corrected chi connectivity index (χ3v) is 7.18. The third-order valence-electron chi connectivity index (χ3n) is 5.53. The summed E-state index contributed by atoms with van der Waals surface area (Å²) in [5, 5.41) is 3.06. The molecule has 2 aliphatic rings. The number of nitrogens with zero attached hydrogens (tertiary/aromatic N) is 2. The Morgan fingerprint density at radius 2 is 1.97 bits per heavy atom. The third kappa shape index (κ3) is 3.65. The highest BCUT2D eigenvalue weighted by Gasteiger charge is 2.33. The molecule has 0 spiro atoms. The van der Waals surface area contributed by atoms with Crippen molar-refractivity contribution in [3.63, 3.8) is 0 Å². The Labute approximate surface area is 175 Å². The van der Waals surface area contributed by atoms with Gasteiger partial charge in [-0.15, -0.1) is 4.40 Å². The molecule has 29 heavy (non-hydrogen) atoms. The fourth-order valence-corrected chi connectivity index (χ4v) is 5.26. The predicted molar refractivity (Wildman–Crippen MR) is 116 cm³/mol. The number of nitrogens with one attached hydrogen (secondary N) is 1. The second kappa shape index (κ2) is 7.46. The van der Waals surface area contributed by atoms with E-state index >= 15 is 0 Å². The summed E-state index contributed by atoms with van der Waals surface area (Å²) < 4.78 is 29.6. The zero-order valence-corrected chi connectivity index (χ0v) is 17.9. The fourth-order valence-electron chi connectivity index (χ4n) is 3.75. The van der Waals surface area contributed by atoms with E-state index in [-0.39, 0.29) is 15.5 Å². The van der Waals surface area contributed by atoms with Crippen LogP contribution in [0.1, 0.15) is 47.2 Å². The quantitative estimate of drug-likeness (QED) is 0.748. The van der Waals surface area contributed by atoms with E-state index in [1.54, 1.807) is 12.1 Å². The number of carbonyl (C=O) groups excluding carboxylic acids is 1. The molecule has 0 aromatic heterocycles. The lowest BCUT2D eigenvalue weighted by Gasteiger charge is -2.30. The minimum absolute atomic E-state index is 0.0265. The van der Waals surface area contributed by atoms with E-state index in [0.29, 0.717) is 30.2 Å². The van der Waals surface area contributed by atoms with Gasteiger partial charge in [0.25, 0.3) is 15.9 Å². The summed E-state index contributed by atoms with van der Waals surface area (Å²) in [4.78, 5) is 14.8. The molecular formula is C21H22ClN3O3S. The molecule has 6 nitrogen and oxygen atoms in total. The molecule has 1 N–H and O–H groups in total. The summed E-state index contributed by atoms with van der Waals surface area (Å²) in [6, 6.07) is 8.54. The molecule has 1 amide bonds. The molecule has 152 valence electrons. The Kier molecular flexibility index (Phi) is 5.12. The van der Waals surface area contributed by atoms with Gasteiger partial charge in [0.15, 0.2) is 0 Å². The molecule has 2 aliphatic heterocycles. The monoisotopic (exact) mass is 431 g/mol. The first-order valence-corrected chi connectivity index (χ1v) is 11.4. The molecule has 2 aromatic rings. The maximum absolute atomic E-state index is 12.9. The van der Waals surface area contributed by atoms with Crippen LogP contribution in [0.15, 0.2) is 39.6 Å². The molecule has 8 heteroatoms. The number of rotatable bonds is 2. The highest BCUT2D eigenvalue weighted by atomic mass is 35.5. The second-order valence-corrected chi connectivity index (χ2v) is 9.43. The zero-order valence-electron chi connectivity index (χ0n) is 16.3. The number of hydrogen-bond acceptors (Lipinski definition) is 4. The van der Waals surface area contributed by atoms with Gasteiger partial charge >= 0.3 is 0 Å². The topological polar surface area (TPSA) is 78.8 Å². The molecule has 2 aromatic carbocycles. The van der Waals surface area contributed by atoms with E-state index in [4.69, 9.17) is 11.6 Å². The number of amidine groups is 1. The molecule has 0 unspecified atom stereocenters. The van der Waals surface area contributed by atoms with Crippen LogP contribution in [0.2, 0.25) is 5.02 Å². The minimum Gasteiger partial charge on any atom is -0.328 e. The standard InChI is InChI=1S/C21H22ClN3O3S/c1-13-7-6-8-17(14(13)2)23-21(26)15-11-19-18(12-16(15)22)25-10-5-3-4-9-20(25)24-29(19,27)28/h6-8,11-12H,3-5,9-10H2,1-2H3,(H,23,26). The normalized spacial score (nSPS) is 17.6. The molecule has 0 atom stereocenters. The van der Waals surface area contributed by atoms with Crippen LogP contribution in [0, 0.1) is 13.8 Å². The van der Waals surface area contributed by atoms with Gasteiger partial charge in [-0.05, 0) is 56.0 Å². The molecule has 0 aliphatic carbocycles. The molecular weight excluding hydrogens is 410 g/mol. The summed E-state index contributed by atoms with van der Waals surface area (Å²) in [6.45, 7) is 4.56. The van der Waals surface area contributed by atoms with Crippen LogP contribution in [-0.4, -0.2) is 26.7 Å². The van der Waals surface area contributed by atoms with Gasteiger partial charge in [0, 0.05) is 18.7 Å². The highest BCUT2D eigenvalue weighted by Crippen LogP contribution is 2.38. The van der Waals surface area contributed by atoms with E-state index in [0.717, 1.165) is 30.4 Å². The van der Waals surface area contributed by atoms with Crippen molar-refractivity contribution in [3.8, 4) is 0 Å². The van der Waals surface area contributed by atoms with Crippen LogP contribution in [0.3, 0.4) is 0 Å². The molecule has 1 saturated heterocycles. The van der Waals surface area contributed by atoms with Gasteiger partial charge in [-0.1, -0.05) is 30.2 Å². The van der Waals surface area contributed by atoms with Crippen molar-refractivity contribution in [1.29, 1.82) is 0 Å². The second-order valence-electron chi connectivity index (χ2n) is 7.45. The van der Waals surface area contributed by atoms with Crippen LogP contribution in [0.4, 0.5) is 11.4 Å². The van der Waals surface area contributed by atoms with Gasteiger partial charge in [0.1, 0.15) is 10.7 Å². The summed E-state index contributed by atoms with van der Waals surface area (Å²) >= 11 is 6.44. The number of sulfonamides is 1. The average Bonchev–Trinajstić information content (AvgIpc) is 2.89. The largest absolute Gasteiger partial charge is 0.328 e. The molecule has 0 radical (unpaired) electrons. The summed E-state index contributed by atoms with van der Waals surface area (Å²) in [5.41, 5.74) is 3.28. The molecule has 0 saturated carbocycles. The van der Waals surface area contributed by atoms with Crippen molar-refractivity contribution in [2.24, 2.45) is 4.40 Å². The van der Waals surface area contributed by atoms with Crippen molar-refractivity contribution < 1.29 is 13.2 Å². The van der Waals surface area contributed by atoms with E-state index in [1.165, 1.54) is 6.07 Å². The number of benzene rings is 2. The van der Waals surface area contributed by atoms with Gasteiger partial charge in [0.2, 0.25) is 0 Å².